The molecule has 1 saturated heterocycles. The van der Waals surface area contributed by atoms with E-state index in [-0.39, 0.29) is 11.9 Å². The highest BCUT2D eigenvalue weighted by Gasteiger charge is 2.35. The van der Waals surface area contributed by atoms with Gasteiger partial charge < -0.3 is 15.4 Å². The zero-order valence-electron chi connectivity index (χ0n) is 12.1. The molecule has 2 aliphatic heterocycles. The van der Waals surface area contributed by atoms with E-state index in [0.717, 1.165) is 43.6 Å². The number of benzene rings is 1. The maximum atomic E-state index is 12.7. The second-order valence-corrected chi connectivity index (χ2v) is 5.60. The Kier molecular flexibility index (Phi) is 3.30. The Bertz CT molecular complexity index is 544. The number of ether oxygens (including phenoxy) is 1. The minimum Gasteiger partial charge on any atom is -0.495 e. The van der Waals surface area contributed by atoms with Crippen LogP contribution in [0.5, 0.6) is 5.75 Å². The van der Waals surface area contributed by atoms with Gasteiger partial charge in [0.05, 0.1) is 18.8 Å². The average molecular weight is 275 g/mol. The lowest BCUT2D eigenvalue weighted by atomic mass is 10.1. The van der Waals surface area contributed by atoms with Crippen LogP contribution in [0.2, 0.25) is 0 Å². The van der Waals surface area contributed by atoms with Crippen molar-refractivity contribution < 1.29 is 9.53 Å². The molecule has 2 N–H and O–H groups in total. The molecule has 0 radical (unpaired) electrons. The highest BCUT2D eigenvalue weighted by Crippen LogP contribution is 2.36. The Labute approximate surface area is 119 Å². The highest BCUT2D eigenvalue weighted by atomic mass is 16.5. The summed E-state index contributed by atoms with van der Waals surface area (Å²) in [4.78, 5) is 16.7. The number of anilines is 2. The number of nitrogens with two attached hydrogens (primary N) is 1. The lowest BCUT2D eigenvalue weighted by Crippen LogP contribution is -2.43. The number of methoxy groups -OCH3 is 1. The van der Waals surface area contributed by atoms with E-state index in [1.165, 1.54) is 0 Å². The zero-order chi connectivity index (χ0) is 14.3. The molecule has 0 aromatic heterocycles. The van der Waals surface area contributed by atoms with Gasteiger partial charge in [-0.25, -0.2) is 0 Å². The Morgan fingerprint density at radius 1 is 1.40 bits per heavy atom. The van der Waals surface area contributed by atoms with E-state index in [2.05, 4.69) is 4.90 Å². The van der Waals surface area contributed by atoms with Gasteiger partial charge in [-0.1, -0.05) is 0 Å². The molecule has 1 aromatic carbocycles. The van der Waals surface area contributed by atoms with Crippen LogP contribution < -0.4 is 15.4 Å². The second kappa shape index (κ2) is 4.98. The largest absolute Gasteiger partial charge is 0.495 e. The predicted octanol–water partition coefficient (Wildman–Crippen LogP) is 1.26. The van der Waals surface area contributed by atoms with E-state index in [4.69, 9.17) is 10.5 Å². The summed E-state index contributed by atoms with van der Waals surface area (Å²) in [6, 6.07) is 3.84. The molecule has 0 spiro atoms. The monoisotopic (exact) mass is 275 g/mol. The maximum absolute atomic E-state index is 12.7. The predicted molar refractivity (Wildman–Crippen MR) is 79.1 cm³/mol. The van der Waals surface area contributed by atoms with Crippen molar-refractivity contribution in [2.45, 2.75) is 25.3 Å². The maximum Gasteiger partial charge on any atom is 0.244 e. The molecule has 5 heteroatoms. The van der Waals surface area contributed by atoms with Crippen LogP contribution in [0.1, 0.15) is 18.4 Å². The minimum atomic E-state index is 0.0178. The number of likely N-dealkylation sites (N-methyl/N-ethyl adjacent to an activating group) is 1. The smallest absolute Gasteiger partial charge is 0.244 e. The van der Waals surface area contributed by atoms with Crippen LogP contribution in [-0.2, 0) is 11.2 Å². The van der Waals surface area contributed by atoms with Crippen LogP contribution in [0.25, 0.3) is 0 Å². The second-order valence-electron chi connectivity index (χ2n) is 5.60. The summed E-state index contributed by atoms with van der Waals surface area (Å²) in [6.07, 6.45) is 2.92. The lowest BCUT2D eigenvalue weighted by molar-refractivity contribution is -0.122. The summed E-state index contributed by atoms with van der Waals surface area (Å²) in [5, 5.41) is 0. The summed E-state index contributed by atoms with van der Waals surface area (Å²) >= 11 is 0. The number of rotatable bonds is 2. The van der Waals surface area contributed by atoms with Crippen molar-refractivity contribution in [1.82, 2.24) is 4.90 Å². The standard InChI is InChI=1S/C15H21N3O2/c1-17-6-3-4-12(17)15(19)18-7-5-10-8-14(20-2)11(16)9-13(10)18/h8-9,12H,3-7,16H2,1-2H3/t12-/m0/s1. The van der Waals surface area contributed by atoms with Crippen LogP contribution in [0.4, 0.5) is 11.4 Å². The van der Waals surface area contributed by atoms with Gasteiger partial charge in [-0.15, -0.1) is 0 Å². The van der Waals surface area contributed by atoms with E-state index >= 15 is 0 Å². The Morgan fingerprint density at radius 2 is 2.20 bits per heavy atom. The van der Waals surface area contributed by atoms with E-state index in [1.54, 1.807) is 7.11 Å². The quantitative estimate of drug-likeness (QED) is 0.826. The molecule has 20 heavy (non-hydrogen) atoms. The number of carbonyl (C=O) groups excluding carboxylic acids is 1. The third-order valence-corrected chi connectivity index (χ3v) is 4.40. The van der Waals surface area contributed by atoms with Crippen LogP contribution in [0, 0.1) is 0 Å². The van der Waals surface area contributed by atoms with Gasteiger partial charge >= 0.3 is 0 Å². The number of hydrogen-bond acceptors (Lipinski definition) is 4. The number of amides is 1. The fraction of sp³-hybridized carbons (Fsp3) is 0.533. The fourth-order valence-corrected chi connectivity index (χ4v) is 3.24. The first-order valence-corrected chi connectivity index (χ1v) is 7.10. The molecule has 0 unspecified atom stereocenters. The Morgan fingerprint density at radius 3 is 2.85 bits per heavy atom. The van der Waals surface area contributed by atoms with Gasteiger partial charge in [-0.3, -0.25) is 9.69 Å². The van der Waals surface area contributed by atoms with E-state index < -0.39 is 0 Å². The van der Waals surface area contributed by atoms with Gasteiger partial charge in [0, 0.05) is 12.2 Å². The first-order valence-electron chi connectivity index (χ1n) is 7.10. The van der Waals surface area contributed by atoms with Gasteiger partial charge in [0.2, 0.25) is 5.91 Å². The number of nitrogens with zero attached hydrogens (tertiary/aromatic N) is 2. The van der Waals surface area contributed by atoms with Gasteiger partial charge in [0.15, 0.2) is 0 Å². The topological polar surface area (TPSA) is 58.8 Å². The van der Waals surface area contributed by atoms with E-state index in [1.807, 2.05) is 24.1 Å². The molecule has 0 bridgehead atoms. The van der Waals surface area contributed by atoms with Gasteiger partial charge in [-0.05, 0) is 50.6 Å². The fourth-order valence-electron chi connectivity index (χ4n) is 3.24. The van der Waals surface area contributed by atoms with E-state index in [9.17, 15) is 4.79 Å². The molecular formula is C15H21N3O2. The van der Waals surface area contributed by atoms with Gasteiger partial charge in [0.1, 0.15) is 5.75 Å². The molecule has 2 heterocycles. The summed E-state index contributed by atoms with van der Waals surface area (Å²) in [6.45, 7) is 1.74. The summed E-state index contributed by atoms with van der Waals surface area (Å²) in [5.74, 6) is 0.893. The highest BCUT2D eigenvalue weighted by molar-refractivity contribution is 5.99. The van der Waals surface area contributed by atoms with Crippen molar-refractivity contribution in [3.05, 3.63) is 17.7 Å². The third-order valence-electron chi connectivity index (χ3n) is 4.40. The van der Waals surface area contributed by atoms with E-state index in [0.29, 0.717) is 11.4 Å². The molecule has 108 valence electrons. The molecule has 1 aromatic rings. The number of fused-ring (bicyclic) bond motifs is 1. The molecule has 0 saturated carbocycles. The molecule has 1 amide bonds. The first kappa shape index (κ1) is 13.2. The van der Waals surface area contributed by atoms with Crippen LogP contribution in [0.3, 0.4) is 0 Å². The van der Waals surface area contributed by atoms with Gasteiger partial charge in [0.25, 0.3) is 0 Å². The molecule has 2 aliphatic rings. The minimum absolute atomic E-state index is 0.0178. The number of nitrogen functional groups attached to an aromatic ring is 1. The molecule has 1 fully saturated rings. The van der Waals surface area contributed by atoms with Crippen molar-refractivity contribution in [3.63, 3.8) is 0 Å². The molecule has 0 aliphatic carbocycles. The SMILES string of the molecule is COc1cc2c(cc1N)N(C(=O)[C@@H]1CCCN1C)CC2. The Balaban J connectivity index is 1.89. The lowest BCUT2D eigenvalue weighted by Gasteiger charge is -2.25. The Hall–Kier alpha value is -1.75. The molecular weight excluding hydrogens is 254 g/mol. The van der Waals surface area contributed by atoms with Gasteiger partial charge in [-0.2, -0.15) is 0 Å². The molecule has 3 rings (SSSR count). The molecule has 1 atom stereocenters. The van der Waals surface area contributed by atoms with Crippen molar-refractivity contribution in [2.24, 2.45) is 0 Å². The number of hydrogen-bond donors (Lipinski definition) is 1. The molecule has 5 nitrogen and oxygen atoms in total. The number of likely N-dealkylation sites (tertiary alicyclic amines) is 1. The van der Waals surface area contributed by atoms with Crippen LogP contribution in [-0.4, -0.2) is 44.1 Å². The van der Waals surface area contributed by atoms with Crippen molar-refractivity contribution in [1.29, 1.82) is 0 Å². The zero-order valence-corrected chi connectivity index (χ0v) is 12.1. The van der Waals surface area contributed by atoms with Crippen molar-refractivity contribution >= 4 is 17.3 Å². The third kappa shape index (κ3) is 2.02. The average Bonchev–Trinajstić information content (AvgIpc) is 3.03. The van der Waals surface area contributed by atoms with Crippen LogP contribution in [0.15, 0.2) is 12.1 Å². The van der Waals surface area contributed by atoms with Crippen molar-refractivity contribution in [2.75, 3.05) is 37.9 Å². The van der Waals surface area contributed by atoms with Crippen LogP contribution >= 0.6 is 0 Å². The summed E-state index contributed by atoms with van der Waals surface area (Å²) < 4.78 is 5.25. The van der Waals surface area contributed by atoms with Crippen molar-refractivity contribution in [3.8, 4) is 5.75 Å². The summed E-state index contributed by atoms with van der Waals surface area (Å²) in [7, 11) is 3.64. The summed E-state index contributed by atoms with van der Waals surface area (Å²) in [5.41, 5.74) is 8.66. The normalized spacial score (nSPS) is 22.1. The first-order chi connectivity index (χ1) is 9.61. The number of carbonyl (C=O) groups is 1.